The summed E-state index contributed by atoms with van der Waals surface area (Å²) in [5, 5.41) is 10.0. The fraction of sp³-hybridized carbons (Fsp3) is 0.625. The van der Waals surface area contributed by atoms with Gasteiger partial charge in [-0.1, -0.05) is 49.6 Å². The van der Waals surface area contributed by atoms with Crippen LogP contribution in [0.5, 0.6) is 0 Å². The van der Waals surface area contributed by atoms with Crippen LogP contribution in [0.2, 0.25) is 0 Å². The molecule has 4 nitrogen and oxygen atoms in total. The first kappa shape index (κ1) is 15.4. The van der Waals surface area contributed by atoms with Crippen molar-refractivity contribution in [1.82, 2.24) is 5.48 Å². The molecule has 1 aromatic rings. The summed E-state index contributed by atoms with van der Waals surface area (Å²) in [4.78, 5) is 5.59. The minimum atomic E-state index is -0.598. The standard InChI is InChI=1S/C16H26N2O2/c17-15(11-13-7-3-1-4-8-13)16(19)12-18-20-14-9-5-2-6-10-14/h1,3-4,7-8,14-16,18-19H,2,5-6,9-12,17H2. The number of aliphatic hydroxyl groups excluding tert-OH is 1. The van der Waals surface area contributed by atoms with Gasteiger partial charge in [-0.2, -0.15) is 5.48 Å². The zero-order chi connectivity index (χ0) is 14.2. The highest BCUT2D eigenvalue weighted by Gasteiger charge is 2.17. The van der Waals surface area contributed by atoms with Crippen LogP contribution in [0.3, 0.4) is 0 Å². The van der Waals surface area contributed by atoms with Crippen LogP contribution in [0.4, 0.5) is 0 Å². The number of rotatable bonds is 7. The van der Waals surface area contributed by atoms with E-state index in [9.17, 15) is 5.11 Å². The summed E-state index contributed by atoms with van der Waals surface area (Å²) in [5.41, 5.74) is 10.1. The van der Waals surface area contributed by atoms with Gasteiger partial charge in [0.2, 0.25) is 0 Å². The third-order valence-corrected chi connectivity index (χ3v) is 3.90. The molecule has 20 heavy (non-hydrogen) atoms. The molecule has 112 valence electrons. The highest BCUT2D eigenvalue weighted by atomic mass is 16.7. The van der Waals surface area contributed by atoms with Gasteiger partial charge < -0.3 is 10.8 Å². The molecule has 1 aliphatic carbocycles. The van der Waals surface area contributed by atoms with E-state index in [0.717, 1.165) is 18.4 Å². The largest absolute Gasteiger partial charge is 0.390 e. The summed E-state index contributed by atoms with van der Waals surface area (Å²) in [7, 11) is 0. The van der Waals surface area contributed by atoms with Gasteiger partial charge in [0, 0.05) is 12.6 Å². The van der Waals surface area contributed by atoms with Crippen LogP contribution < -0.4 is 11.2 Å². The molecule has 0 saturated heterocycles. The number of nitrogens with two attached hydrogens (primary N) is 1. The topological polar surface area (TPSA) is 67.5 Å². The molecule has 0 spiro atoms. The van der Waals surface area contributed by atoms with Crippen LogP contribution in [-0.2, 0) is 11.3 Å². The normalized spacial score (nSPS) is 19.7. The second kappa shape index (κ2) is 8.37. The van der Waals surface area contributed by atoms with Crippen molar-refractivity contribution in [1.29, 1.82) is 0 Å². The lowest BCUT2D eigenvalue weighted by Gasteiger charge is -2.24. The van der Waals surface area contributed by atoms with Crippen molar-refractivity contribution >= 4 is 0 Å². The van der Waals surface area contributed by atoms with E-state index in [1.807, 2.05) is 30.3 Å². The molecule has 0 aliphatic heterocycles. The van der Waals surface area contributed by atoms with Gasteiger partial charge in [0.25, 0.3) is 0 Å². The van der Waals surface area contributed by atoms with E-state index in [4.69, 9.17) is 10.6 Å². The Balaban J connectivity index is 1.64. The Morgan fingerprint density at radius 2 is 1.90 bits per heavy atom. The van der Waals surface area contributed by atoms with E-state index in [0.29, 0.717) is 19.1 Å². The van der Waals surface area contributed by atoms with Crippen LogP contribution in [-0.4, -0.2) is 29.9 Å². The first-order valence-corrected chi connectivity index (χ1v) is 7.62. The van der Waals surface area contributed by atoms with Gasteiger partial charge >= 0.3 is 0 Å². The molecule has 2 unspecified atom stereocenters. The molecule has 4 N–H and O–H groups in total. The molecule has 0 radical (unpaired) electrons. The van der Waals surface area contributed by atoms with Crippen LogP contribution in [0, 0.1) is 0 Å². The predicted molar refractivity (Wildman–Crippen MR) is 80.1 cm³/mol. The van der Waals surface area contributed by atoms with Gasteiger partial charge in [0.15, 0.2) is 0 Å². The molecule has 1 aliphatic rings. The van der Waals surface area contributed by atoms with Gasteiger partial charge in [-0.15, -0.1) is 0 Å². The Labute approximate surface area is 121 Å². The lowest BCUT2D eigenvalue weighted by molar-refractivity contribution is -0.0571. The van der Waals surface area contributed by atoms with Crippen molar-refractivity contribution in [2.45, 2.75) is 56.8 Å². The first-order valence-electron chi connectivity index (χ1n) is 7.62. The maximum atomic E-state index is 10.0. The molecular weight excluding hydrogens is 252 g/mol. The minimum absolute atomic E-state index is 0.278. The molecule has 1 saturated carbocycles. The van der Waals surface area contributed by atoms with E-state index in [-0.39, 0.29) is 6.04 Å². The van der Waals surface area contributed by atoms with Crippen molar-refractivity contribution in [2.24, 2.45) is 5.73 Å². The molecule has 1 aromatic carbocycles. The second-order valence-electron chi connectivity index (χ2n) is 5.65. The molecule has 0 bridgehead atoms. The zero-order valence-corrected chi connectivity index (χ0v) is 12.0. The summed E-state index contributed by atoms with van der Waals surface area (Å²) in [6.45, 7) is 0.379. The van der Waals surface area contributed by atoms with Crippen molar-refractivity contribution in [3.8, 4) is 0 Å². The number of nitrogens with one attached hydrogen (secondary N) is 1. The molecule has 0 amide bonds. The highest BCUT2D eigenvalue weighted by Crippen LogP contribution is 2.19. The molecule has 0 aromatic heterocycles. The molecule has 1 fully saturated rings. The molecule has 0 heterocycles. The van der Waals surface area contributed by atoms with Gasteiger partial charge in [0.1, 0.15) is 0 Å². The van der Waals surface area contributed by atoms with Crippen LogP contribution >= 0.6 is 0 Å². The average Bonchev–Trinajstić information content (AvgIpc) is 2.49. The maximum absolute atomic E-state index is 10.0. The van der Waals surface area contributed by atoms with Gasteiger partial charge in [-0.25, -0.2) is 0 Å². The SMILES string of the molecule is NC(Cc1ccccc1)C(O)CNOC1CCCCC1. The summed E-state index contributed by atoms with van der Waals surface area (Å²) in [6, 6.07) is 9.72. The smallest absolute Gasteiger partial charge is 0.0841 e. The van der Waals surface area contributed by atoms with Crippen molar-refractivity contribution in [3.05, 3.63) is 35.9 Å². The Bertz CT molecular complexity index is 366. The fourth-order valence-electron chi connectivity index (χ4n) is 2.61. The van der Waals surface area contributed by atoms with Crippen LogP contribution in [0.1, 0.15) is 37.7 Å². The number of hydrogen-bond acceptors (Lipinski definition) is 4. The van der Waals surface area contributed by atoms with E-state index < -0.39 is 6.10 Å². The monoisotopic (exact) mass is 278 g/mol. The van der Waals surface area contributed by atoms with Crippen LogP contribution in [0.25, 0.3) is 0 Å². The Morgan fingerprint density at radius 3 is 2.60 bits per heavy atom. The van der Waals surface area contributed by atoms with E-state index in [1.165, 1.54) is 19.3 Å². The minimum Gasteiger partial charge on any atom is -0.390 e. The highest BCUT2D eigenvalue weighted by molar-refractivity contribution is 5.16. The number of hydrogen-bond donors (Lipinski definition) is 3. The maximum Gasteiger partial charge on any atom is 0.0841 e. The van der Waals surface area contributed by atoms with Gasteiger partial charge in [-0.05, 0) is 24.8 Å². The Hall–Kier alpha value is -0.940. The molecule has 2 atom stereocenters. The lowest BCUT2D eigenvalue weighted by Crippen LogP contribution is -2.44. The van der Waals surface area contributed by atoms with Gasteiger partial charge in [-0.3, -0.25) is 4.84 Å². The van der Waals surface area contributed by atoms with Crippen molar-refractivity contribution in [3.63, 3.8) is 0 Å². The summed E-state index contributed by atoms with van der Waals surface area (Å²) in [5.74, 6) is 0. The third kappa shape index (κ3) is 5.21. The van der Waals surface area contributed by atoms with Gasteiger partial charge in [0.05, 0.1) is 12.2 Å². The number of aliphatic hydroxyl groups is 1. The quantitative estimate of drug-likeness (QED) is 0.665. The number of hydroxylamine groups is 1. The number of benzene rings is 1. The Morgan fingerprint density at radius 1 is 1.20 bits per heavy atom. The molecular formula is C16H26N2O2. The first-order chi connectivity index (χ1) is 9.75. The third-order valence-electron chi connectivity index (χ3n) is 3.90. The van der Waals surface area contributed by atoms with E-state index in [2.05, 4.69) is 5.48 Å². The zero-order valence-electron chi connectivity index (χ0n) is 12.0. The average molecular weight is 278 g/mol. The Kier molecular flexibility index (Phi) is 6.47. The molecule has 2 rings (SSSR count). The van der Waals surface area contributed by atoms with Crippen molar-refractivity contribution in [2.75, 3.05) is 6.54 Å². The van der Waals surface area contributed by atoms with Crippen molar-refractivity contribution < 1.29 is 9.94 Å². The van der Waals surface area contributed by atoms with E-state index >= 15 is 0 Å². The lowest BCUT2D eigenvalue weighted by atomic mass is 9.98. The fourth-order valence-corrected chi connectivity index (χ4v) is 2.61. The summed E-state index contributed by atoms with van der Waals surface area (Å²) < 4.78 is 0. The summed E-state index contributed by atoms with van der Waals surface area (Å²) >= 11 is 0. The summed E-state index contributed by atoms with van der Waals surface area (Å²) in [6.07, 6.45) is 6.38. The van der Waals surface area contributed by atoms with E-state index in [1.54, 1.807) is 0 Å². The molecule has 4 heteroatoms. The second-order valence-corrected chi connectivity index (χ2v) is 5.65. The predicted octanol–water partition coefficient (Wildman–Crippen LogP) is 1.77. The van der Waals surface area contributed by atoms with Crippen LogP contribution in [0.15, 0.2) is 30.3 Å².